The van der Waals surface area contributed by atoms with Crippen molar-refractivity contribution in [2.24, 2.45) is 0 Å². The van der Waals surface area contributed by atoms with Crippen LogP contribution in [-0.4, -0.2) is 37.8 Å². The van der Waals surface area contributed by atoms with Gasteiger partial charge in [0.05, 0.1) is 17.5 Å². The molecule has 2 N–H and O–H groups in total. The Morgan fingerprint density at radius 3 is 2.63 bits per heavy atom. The smallest absolute Gasteiger partial charge is 0.230 e. The van der Waals surface area contributed by atoms with E-state index in [9.17, 15) is 9.59 Å². The molecule has 156 valence electrons. The van der Waals surface area contributed by atoms with Gasteiger partial charge < -0.3 is 10.6 Å². The molecule has 0 aliphatic rings. The molecular formula is C21H24N6O2S. The summed E-state index contributed by atoms with van der Waals surface area (Å²) < 4.78 is 1.54. The van der Waals surface area contributed by atoms with Gasteiger partial charge in [-0.15, -0.1) is 5.10 Å². The van der Waals surface area contributed by atoms with Crippen LogP contribution in [0.5, 0.6) is 0 Å². The van der Waals surface area contributed by atoms with Crippen molar-refractivity contribution < 1.29 is 9.59 Å². The summed E-state index contributed by atoms with van der Waals surface area (Å²) in [6.07, 6.45) is 0.986. The van der Waals surface area contributed by atoms with Gasteiger partial charge in [0, 0.05) is 12.6 Å². The lowest BCUT2D eigenvalue weighted by molar-refractivity contribution is -0.119. The van der Waals surface area contributed by atoms with Crippen LogP contribution in [0.3, 0.4) is 0 Å². The van der Waals surface area contributed by atoms with E-state index >= 15 is 0 Å². The van der Waals surface area contributed by atoms with Crippen molar-refractivity contribution in [1.29, 1.82) is 0 Å². The molecule has 1 aromatic heterocycles. The molecule has 30 heavy (non-hydrogen) atoms. The molecule has 0 aliphatic carbocycles. The Kier molecular flexibility index (Phi) is 7.18. The molecule has 0 bridgehead atoms. The van der Waals surface area contributed by atoms with E-state index in [0.29, 0.717) is 16.5 Å². The van der Waals surface area contributed by atoms with Gasteiger partial charge in [0.2, 0.25) is 17.0 Å². The minimum Gasteiger partial charge on any atom is -0.349 e. The van der Waals surface area contributed by atoms with Crippen molar-refractivity contribution in [3.8, 4) is 5.69 Å². The number of hydrogen-bond acceptors (Lipinski definition) is 6. The molecule has 1 heterocycles. The van der Waals surface area contributed by atoms with Crippen LogP contribution in [0.2, 0.25) is 0 Å². The van der Waals surface area contributed by atoms with Gasteiger partial charge in [0.25, 0.3) is 0 Å². The van der Waals surface area contributed by atoms with Gasteiger partial charge >= 0.3 is 0 Å². The Hall–Kier alpha value is -3.20. The van der Waals surface area contributed by atoms with Crippen LogP contribution in [0.1, 0.15) is 37.9 Å². The lowest BCUT2D eigenvalue weighted by atomic mass is 10.1. The minimum absolute atomic E-state index is 0.0886. The summed E-state index contributed by atoms with van der Waals surface area (Å²) in [4.78, 5) is 23.7. The van der Waals surface area contributed by atoms with Crippen LogP contribution >= 0.6 is 11.8 Å². The van der Waals surface area contributed by atoms with Gasteiger partial charge in [-0.1, -0.05) is 49.0 Å². The first kappa shape index (κ1) is 21.5. The van der Waals surface area contributed by atoms with Gasteiger partial charge in [-0.2, -0.15) is 4.68 Å². The number of carbonyl (C=O) groups excluding carboxylic acids is 2. The van der Waals surface area contributed by atoms with Crippen molar-refractivity contribution in [2.45, 2.75) is 38.4 Å². The van der Waals surface area contributed by atoms with Crippen molar-refractivity contribution in [2.75, 3.05) is 11.1 Å². The monoisotopic (exact) mass is 424 g/mol. The Morgan fingerprint density at radius 2 is 1.93 bits per heavy atom. The molecule has 8 nitrogen and oxygen atoms in total. The molecule has 0 spiro atoms. The average molecular weight is 425 g/mol. The summed E-state index contributed by atoms with van der Waals surface area (Å²) in [6, 6.07) is 15.3. The highest BCUT2D eigenvalue weighted by Gasteiger charge is 2.14. The van der Waals surface area contributed by atoms with Gasteiger partial charge in [0.15, 0.2) is 0 Å². The molecule has 2 amide bonds. The third-order valence-electron chi connectivity index (χ3n) is 4.45. The molecule has 1 unspecified atom stereocenters. The van der Waals surface area contributed by atoms with E-state index in [2.05, 4.69) is 45.2 Å². The number of carbonyl (C=O) groups is 2. The van der Waals surface area contributed by atoms with E-state index in [0.717, 1.165) is 12.0 Å². The summed E-state index contributed by atoms with van der Waals surface area (Å²) in [5.41, 5.74) is 3.66. The molecule has 1 atom stereocenters. The number of amides is 2. The number of anilines is 1. The normalized spacial score (nSPS) is 11.7. The van der Waals surface area contributed by atoms with E-state index in [1.807, 2.05) is 25.1 Å². The molecule has 0 saturated carbocycles. The summed E-state index contributed by atoms with van der Waals surface area (Å²) in [6.45, 7) is 5.52. The topological polar surface area (TPSA) is 102 Å². The number of nitrogens with zero attached hydrogens (tertiary/aromatic N) is 4. The maximum absolute atomic E-state index is 12.4. The van der Waals surface area contributed by atoms with Crippen LogP contribution in [0.25, 0.3) is 5.69 Å². The Balaban J connectivity index is 1.61. The number of tetrazole rings is 1. The minimum atomic E-state index is -0.159. The van der Waals surface area contributed by atoms with Crippen LogP contribution < -0.4 is 10.6 Å². The van der Waals surface area contributed by atoms with Gasteiger partial charge in [-0.25, -0.2) is 0 Å². The highest BCUT2D eigenvalue weighted by molar-refractivity contribution is 7.99. The number of aromatic nitrogens is 4. The van der Waals surface area contributed by atoms with Crippen LogP contribution in [0, 0.1) is 0 Å². The van der Waals surface area contributed by atoms with Crippen molar-refractivity contribution in [1.82, 2.24) is 25.5 Å². The highest BCUT2D eigenvalue weighted by Crippen LogP contribution is 2.21. The number of nitrogens with one attached hydrogen (secondary N) is 2. The largest absolute Gasteiger partial charge is 0.349 e. The number of aryl methyl sites for hydroxylation is 1. The number of rotatable bonds is 8. The van der Waals surface area contributed by atoms with Crippen molar-refractivity contribution in [3.63, 3.8) is 0 Å². The summed E-state index contributed by atoms with van der Waals surface area (Å²) in [5.74, 6) is -0.0782. The van der Waals surface area contributed by atoms with Gasteiger partial charge in [-0.05, 0) is 53.1 Å². The zero-order chi connectivity index (χ0) is 21.5. The second-order valence-electron chi connectivity index (χ2n) is 6.78. The van der Waals surface area contributed by atoms with Crippen molar-refractivity contribution >= 4 is 29.3 Å². The first-order valence-electron chi connectivity index (χ1n) is 9.63. The first-order valence-corrected chi connectivity index (χ1v) is 10.6. The molecular weight excluding hydrogens is 400 g/mol. The molecule has 0 fully saturated rings. The van der Waals surface area contributed by atoms with Gasteiger partial charge in [0.1, 0.15) is 0 Å². The third-order valence-corrected chi connectivity index (χ3v) is 5.37. The predicted octanol–water partition coefficient (Wildman–Crippen LogP) is 3.15. The fourth-order valence-corrected chi connectivity index (χ4v) is 3.59. The zero-order valence-electron chi connectivity index (χ0n) is 17.1. The van der Waals surface area contributed by atoms with Gasteiger partial charge in [-0.3, -0.25) is 9.59 Å². The first-order chi connectivity index (χ1) is 14.5. The SMILES string of the molecule is CCc1ccc(C(C)NC(=O)CSc2nnnn2-c2cccc(NC(C)=O)c2)cc1. The Labute approximate surface area is 179 Å². The third kappa shape index (κ3) is 5.66. The van der Waals surface area contributed by atoms with E-state index < -0.39 is 0 Å². The quantitative estimate of drug-likeness (QED) is 0.539. The standard InChI is InChI=1S/C21H24N6O2S/c1-4-16-8-10-17(11-9-16)14(2)22-20(29)13-30-21-24-25-26-27(21)19-7-5-6-18(12-19)23-15(3)28/h5-12,14H,4,13H2,1-3H3,(H,22,29)(H,23,28). The lowest BCUT2D eigenvalue weighted by Crippen LogP contribution is -2.28. The molecule has 0 aliphatic heterocycles. The Bertz CT molecular complexity index is 1020. The summed E-state index contributed by atoms with van der Waals surface area (Å²) in [5, 5.41) is 17.9. The van der Waals surface area contributed by atoms with E-state index in [4.69, 9.17) is 0 Å². The molecule has 0 radical (unpaired) electrons. The summed E-state index contributed by atoms with van der Waals surface area (Å²) in [7, 11) is 0. The molecule has 9 heteroatoms. The van der Waals surface area contributed by atoms with Crippen LogP contribution in [-0.2, 0) is 16.0 Å². The fourth-order valence-electron chi connectivity index (χ4n) is 2.89. The van der Waals surface area contributed by atoms with E-state index in [-0.39, 0.29) is 23.6 Å². The lowest BCUT2D eigenvalue weighted by Gasteiger charge is -2.14. The molecule has 3 aromatic rings. The average Bonchev–Trinajstić information content (AvgIpc) is 3.21. The fraction of sp³-hybridized carbons (Fsp3) is 0.286. The number of thioether (sulfide) groups is 1. The summed E-state index contributed by atoms with van der Waals surface area (Å²) >= 11 is 1.25. The highest BCUT2D eigenvalue weighted by atomic mass is 32.2. The maximum Gasteiger partial charge on any atom is 0.230 e. The number of benzene rings is 2. The van der Waals surface area contributed by atoms with E-state index in [1.165, 1.54) is 28.9 Å². The van der Waals surface area contributed by atoms with E-state index in [1.54, 1.807) is 18.2 Å². The predicted molar refractivity (Wildman–Crippen MR) is 117 cm³/mol. The van der Waals surface area contributed by atoms with Crippen LogP contribution in [0.4, 0.5) is 5.69 Å². The van der Waals surface area contributed by atoms with Crippen LogP contribution in [0.15, 0.2) is 53.7 Å². The second kappa shape index (κ2) is 10.0. The maximum atomic E-state index is 12.4. The molecule has 0 saturated heterocycles. The Morgan fingerprint density at radius 1 is 1.17 bits per heavy atom. The number of hydrogen-bond donors (Lipinski definition) is 2. The molecule has 3 rings (SSSR count). The van der Waals surface area contributed by atoms with Crippen molar-refractivity contribution in [3.05, 3.63) is 59.7 Å². The second-order valence-corrected chi connectivity index (χ2v) is 7.72. The zero-order valence-corrected chi connectivity index (χ0v) is 17.9. The molecule has 2 aromatic carbocycles.